The highest BCUT2D eigenvalue weighted by atomic mass is 16.2. The Morgan fingerprint density at radius 1 is 1.25 bits per heavy atom. The van der Waals surface area contributed by atoms with E-state index in [4.69, 9.17) is 0 Å². The van der Waals surface area contributed by atoms with E-state index in [2.05, 4.69) is 17.1 Å². The van der Waals surface area contributed by atoms with Crippen molar-refractivity contribution in [3.8, 4) is 0 Å². The fourth-order valence-corrected chi connectivity index (χ4v) is 2.35. The molecule has 0 atom stereocenters. The normalized spacial score (nSPS) is 10.6. The lowest BCUT2D eigenvalue weighted by Crippen LogP contribution is -2.32. The van der Waals surface area contributed by atoms with Crippen LogP contribution in [0.15, 0.2) is 30.3 Å². The van der Waals surface area contributed by atoms with Gasteiger partial charge in [-0.25, -0.2) is 0 Å². The Morgan fingerprint density at radius 3 is 2.50 bits per heavy atom. The van der Waals surface area contributed by atoms with E-state index in [1.165, 1.54) is 0 Å². The number of hydrogen-bond donors (Lipinski definition) is 1. The molecule has 0 aliphatic heterocycles. The van der Waals surface area contributed by atoms with Crippen LogP contribution in [0.4, 0.5) is 0 Å². The second-order valence-electron chi connectivity index (χ2n) is 5.02. The van der Waals surface area contributed by atoms with Crippen molar-refractivity contribution in [2.24, 2.45) is 0 Å². The lowest BCUT2D eigenvalue weighted by Gasteiger charge is -2.22. The second kappa shape index (κ2) is 6.37. The highest BCUT2D eigenvalue weighted by Crippen LogP contribution is 2.15. The summed E-state index contributed by atoms with van der Waals surface area (Å²) in [5, 5.41) is 7.00. The number of benzene rings is 1. The van der Waals surface area contributed by atoms with Crippen LogP contribution < -0.4 is 0 Å². The molecule has 0 radical (unpaired) electrons. The van der Waals surface area contributed by atoms with Crippen molar-refractivity contribution in [3.05, 3.63) is 52.8 Å². The number of hydrogen-bond acceptors (Lipinski definition) is 2. The highest BCUT2D eigenvalue weighted by molar-refractivity contribution is 5.96. The van der Waals surface area contributed by atoms with Crippen molar-refractivity contribution in [1.82, 2.24) is 15.1 Å². The first-order valence-electron chi connectivity index (χ1n) is 6.98. The van der Waals surface area contributed by atoms with Gasteiger partial charge in [0.25, 0.3) is 5.91 Å². The predicted octanol–water partition coefficient (Wildman–Crippen LogP) is 3.08. The van der Waals surface area contributed by atoms with Gasteiger partial charge >= 0.3 is 0 Å². The van der Waals surface area contributed by atoms with Crippen molar-refractivity contribution in [2.75, 3.05) is 6.54 Å². The molecule has 0 saturated heterocycles. The minimum Gasteiger partial charge on any atom is -0.334 e. The summed E-state index contributed by atoms with van der Waals surface area (Å²) in [6.45, 7) is 7.22. The van der Waals surface area contributed by atoms with Crippen LogP contribution in [0, 0.1) is 13.8 Å². The zero-order valence-corrected chi connectivity index (χ0v) is 12.3. The van der Waals surface area contributed by atoms with Gasteiger partial charge in [0.05, 0.1) is 11.3 Å². The van der Waals surface area contributed by atoms with Gasteiger partial charge in [-0.1, -0.05) is 37.3 Å². The number of nitrogens with zero attached hydrogens (tertiary/aromatic N) is 2. The molecule has 0 fully saturated rings. The van der Waals surface area contributed by atoms with Crippen LogP contribution in [-0.2, 0) is 6.54 Å². The SMILES string of the molecule is CCCN(Cc1ccccc1)C(=O)c1c(C)n[nH]c1C. The van der Waals surface area contributed by atoms with Crippen LogP contribution in [-0.4, -0.2) is 27.5 Å². The summed E-state index contributed by atoms with van der Waals surface area (Å²) in [5.74, 6) is 0.0550. The number of aromatic amines is 1. The topological polar surface area (TPSA) is 49.0 Å². The maximum absolute atomic E-state index is 12.7. The van der Waals surface area contributed by atoms with Gasteiger partial charge in [0.15, 0.2) is 0 Å². The molecule has 0 spiro atoms. The van der Waals surface area contributed by atoms with E-state index in [1.54, 1.807) is 0 Å². The van der Waals surface area contributed by atoms with E-state index in [-0.39, 0.29) is 5.91 Å². The summed E-state index contributed by atoms with van der Waals surface area (Å²) in [6, 6.07) is 10.1. The van der Waals surface area contributed by atoms with Gasteiger partial charge < -0.3 is 4.90 Å². The fraction of sp³-hybridized carbons (Fsp3) is 0.375. The second-order valence-corrected chi connectivity index (χ2v) is 5.02. The summed E-state index contributed by atoms with van der Waals surface area (Å²) >= 11 is 0. The number of aromatic nitrogens is 2. The van der Waals surface area contributed by atoms with Crippen LogP contribution in [0.5, 0.6) is 0 Å². The first-order valence-corrected chi connectivity index (χ1v) is 6.98. The average molecular weight is 271 g/mol. The molecule has 0 unspecified atom stereocenters. The third kappa shape index (κ3) is 3.07. The van der Waals surface area contributed by atoms with Crippen molar-refractivity contribution in [3.63, 3.8) is 0 Å². The molecule has 0 aliphatic carbocycles. The summed E-state index contributed by atoms with van der Waals surface area (Å²) in [6.07, 6.45) is 0.939. The minimum atomic E-state index is 0.0550. The van der Waals surface area contributed by atoms with Crippen LogP contribution in [0.1, 0.15) is 40.7 Å². The molecule has 0 saturated carbocycles. The fourth-order valence-electron chi connectivity index (χ4n) is 2.35. The van der Waals surface area contributed by atoms with Gasteiger partial charge in [-0.3, -0.25) is 9.89 Å². The molecule has 1 aromatic carbocycles. The van der Waals surface area contributed by atoms with E-state index in [1.807, 2.05) is 49.1 Å². The number of aryl methyl sites for hydroxylation is 2. The van der Waals surface area contributed by atoms with Gasteiger partial charge in [-0.05, 0) is 25.8 Å². The third-order valence-electron chi connectivity index (χ3n) is 3.34. The van der Waals surface area contributed by atoms with Gasteiger partial charge in [-0.15, -0.1) is 0 Å². The molecule has 4 heteroatoms. The van der Waals surface area contributed by atoms with Crippen LogP contribution in [0.2, 0.25) is 0 Å². The number of nitrogens with one attached hydrogen (secondary N) is 1. The highest BCUT2D eigenvalue weighted by Gasteiger charge is 2.21. The van der Waals surface area contributed by atoms with Crippen molar-refractivity contribution < 1.29 is 4.79 Å². The van der Waals surface area contributed by atoms with Crippen molar-refractivity contribution in [2.45, 2.75) is 33.7 Å². The number of H-pyrrole nitrogens is 1. The first-order chi connectivity index (χ1) is 9.63. The van der Waals surface area contributed by atoms with Crippen LogP contribution in [0.3, 0.4) is 0 Å². The number of carbonyl (C=O) groups is 1. The minimum absolute atomic E-state index is 0.0550. The maximum atomic E-state index is 12.7. The van der Waals surface area contributed by atoms with Crippen molar-refractivity contribution in [1.29, 1.82) is 0 Å². The van der Waals surface area contributed by atoms with E-state index < -0.39 is 0 Å². The van der Waals surface area contributed by atoms with E-state index in [0.29, 0.717) is 12.1 Å². The number of carbonyl (C=O) groups excluding carboxylic acids is 1. The lowest BCUT2D eigenvalue weighted by molar-refractivity contribution is 0.0742. The molecule has 20 heavy (non-hydrogen) atoms. The standard InChI is InChI=1S/C16H21N3O/c1-4-10-19(11-14-8-6-5-7-9-14)16(20)15-12(2)17-18-13(15)3/h5-9H,4,10-11H2,1-3H3,(H,17,18). The monoisotopic (exact) mass is 271 g/mol. The van der Waals surface area contributed by atoms with E-state index >= 15 is 0 Å². The molecule has 1 heterocycles. The van der Waals surface area contributed by atoms with Gasteiger partial charge in [0, 0.05) is 18.8 Å². The number of rotatable bonds is 5. The molecule has 0 aliphatic rings. The smallest absolute Gasteiger partial charge is 0.257 e. The van der Waals surface area contributed by atoms with Gasteiger partial charge in [0.1, 0.15) is 0 Å². The Labute approximate surface area is 119 Å². The van der Waals surface area contributed by atoms with Gasteiger partial charge in [-0.2, -0.15) is 5.10 Å². The van der Waals surface area contributed by atoms with E-state index in [0.717, 1.165) is 29.9 Å². The Hall–Kier alpha value is -2.10. The molecule has 1 N–H and O–H groups in total. The third-order valence-corrected chi connectivity index (χ3v) is 3.34. The summed E-state index contributed by atoms with van der Waals surface area (Å²) < 4.78 is 0. The first kappa shape index (κ1) is 14.3. The summed E-state index contributed by atoms with van der Waals surface area (Å²) in [7, 11) is 0. The summed E-state index contributed by atoms with van der Waals surface area (Å²) in [4.78, 5) is 14.6. The zero-order valence-electron chi connectivity index (χ0n) is 12.3. The zero-order chi connectivity index (χ0) is 14.5. The Kier molecular flexibility index (Phi) is 4.56. The molecule has 4 nitrogen and oxygen atoms in total. The Bertz CT molecular complexity index is 555. The number of amides is 1. The molecule has 1 aromatic heterocycles. The Balaban J connectivity index is 2.22. The maximum Gasteiger partial charge on any atom is 0.257 e. The summed E-state index contributed by atoms with van der Waals surface area (Å²) in [5.41, 5.74) is 3.45. The molecule has 1 amide bonds. The molecule has 0 bridgehead atoms. The van der Waals surface area contributed by atoms with Crippen LogP contribution >= 0.6 is 0 Å². The molecular formula is C16H21N3O. The molecule has 106 valence electrons. The molecule has 2 aromatic rings. The Morgan fingerprint density at radius 2 is 1.95 bits per heavy atom. The van der Waals surface area contributed by atoms with Crippen molar-refractivity contribution >= 4 is 5.91 Å². The van der Waals surface area contributed by atoms with E-state index in [9.17, 15) is 4.79 Å². The quantitative estimate of drug-likeness (QED) is 0.908. The van der Waals surface area contributed by atoms with Gasteiger partial charge in [0.2, 0.25) is 0 Å². The lowest BCUT2D eigenvalue weighted by atomic mass is 10.1. The van der Waals surface area contributed by atoms with Crippen LogP contribution in [0.25, 0.3) is 0 Å². The molecular weight excluding hydrogens is 250 g/mol. The largest absolute Gasteiger partial charge is 0.334 e. The average Bonchev–Trinajstić information content (AvgIpc) is 2.78. The predicted molar refractivity (Wildman–Crippen MR) is 79.5 cm³/mol. The molecule has 2 rings (SSSR count).